The highest BCUT2D eigenvalue weighted by molar-refractivity contribution is 5.97. The van der Waals surface area contributed by atoms with E-state index in [0.29, 0.717) is 11.1 Å². The van der Waals surface area contributed by atoms with E-state index in [1.165, 1.54) is 45.8 Å². The second kappa shape index (κ2) is 9.17. The lowest BCUT2D eigenvalue weighted by Gasteiger charge is -2.28. The molecule has 1 saturated heterocycles. The summed E-state index contributed by atoms with van der Waals surface area (Å²) in [7, 11) is 1.35. The Kier molecular flexibility index (Phi) is 6.67. The van der Waals surface area contributed by atoms with E-state index in [1.807, 2.05) is 4.90 Å². The molecule has 1 amide bonds. The van der Waals surface area contributed by atoms with Gasteiger partial charge in [-0.1, -0.05) is 25.3 Å². The van der Waals surface area contributed by atoms with Crippen LogP contribution in [0, 0.1) is 5.92 Å². The second-order valence-electron chi connectivity index (χ2n) is 7.52. The summed E-state index contributed by atoms with van der Waals surface area (Å²) in [6.07, 6.45) is 7.87. The van der Waals surface area contributed by atoms with E-state index in [9.17, 15) is 9.59 Å². The number of carbonyl (C=O) groups is 2. The maximum Gasteiger partial charge on any atom is 0.337 e. The Morgan fingerprint density at radius 3 is 2.54 bits per heavy atom. The van der Waals surface area contributed by atoms with Crippen LogP contribution in [0.1, 0.15) is 59.2 Å². The van der Waals surface area contributed by atoms with Crippen LogP contribution >= 0.6 is 0 Å². The fourth-order valence-corrected chi connectivity index (χ4v) is 4.17. The summed E-state index contributed by atoms with van der Waals surface area (Å²) in [5.41, 5.74) is 0.987. The Morgan fingerprint density at radius 1 is 1.00 bits per heavy atom. The van der Waals surface area contributed by atoms with E-state index in [4.69, 9.17) is 4.74 Å². The van der Waals surface area contributed by atoms with Gasteiger partial charge in [0.15, 0.2) is 0 Å². The molecule has 2 fully saturated rings. The molecule has 1 aromatic carbocycles. The number of carbonyl (C=O) groups excluding carboxylic acids is 2. The average Bonchev–Trinajstić information content (AvgIpc) is 2.93. The van der Waals surface area contributed by atoms with Gasteiger partial charge < -0.3 is 14.5 Å². The lowest BCUT2D eigenvalue weighted by atomic mass is 9.89. The molecule has 0 atom stereocenters. The first-order valence-corrected chi connectivity index (χ1v) is 9.87. The van der Waals surface area contributed by atoms with Crippen molar-refractivity contribution in [2.24, 2.45) is 5.92 Å². The first-order valence-electron chi connectivity index (χ1n) is 9.87. The molecular formula is C21H30N2O3. The maximum atomic E-state index is 12.9. The van der Waals surface area contributed by atoms with Gasteiger partial charge in [0, 0.05) is 31.7 Å². The highest BCUT2D eigenvalue weighted by Crippen LogP contribution is 2.25. The quantitative estimate of drug-likeness (QED) is 0.776. The van der Waals surface area contributed by atoms with Crippen LogP contribution < -0.4 is 0 Å². The summed E-state index contributed by atoms with van der Waals surface area (Å²) in [5.74, 6) is 0.437. The molecule has 0 unspecified atom stereocenters. The fraction of sp³-hybridized carbons (Fsp3) is 0.619. The molecule has 1 aromatic rings. The van der Waals surface area contributed by atoms with Crippen LogP contribution in [0.25, 0.3) is 0 Å². The van der Waals surface area contributed by atoms with Crippen molar-refractivity contribution in [3.8, 4) is 0 Å². The van der Waals surface area contributed by atoms with Crippen molar-refractivity contribution >= 4 is 11.9 Å². The molecule has 1 heterocycles. The molecule has 0 spiro atoms. The van der Waals surface area contributed by atoms with Crippen LogP contribution in [0.4, 0.5) is 0 Å². The minimum Gasteiger partial charge on any atom is -0.465 e. The summed E-state index contributed by atoms with van der Waals surface area (Å²) >= 11 is 0. The third kappa shape index (κ3) is 4.85. The van der Waals surface area contributed by atoms with Gasteiger partial charge in [-0.3, -0.25) is 4.79 Å². The van der Waals surface area contributed by atoms with Gasteiger partial charge in [0.2, 0.25) is 0 Å². The van der Waals surface area contributed by atoms with Crippen LogP contribution in [0.5, 0.6) is 0 Å². The molecule has 0 N–H and O–H groups in total. The number of amides is 1. The smallest absolute Gasteiger partial charge is 0.337 e. The molecule has 5 heteroatoms. The van der Waals surface area contributed by atoms with Gasteiger partial charge in [-0.25, -0.2) is 4.79 Å². The average molecular weight is 358 g/mol. The molecule has 26 heavy (non-hydrogen) atoms. The normalized spacial score (nSPS) is 19.8. The van der Waals surface area contributed by atoms with Crippen molar-refractivity contribution in [2.45, 2.75) is 38.5 Å². The Bertz CT molecular complexity index is 625. The summed E-state index contributed by atoms with van der Waals surface area (Å²) in [5, 5.41) is 0. The molecule has 1 saturated carbocycles. The zero-order valence-corrected chi connectivity index (χ0v) is 15.8. The summed E-state index contributed by atoms with van der Waals surface area (Å²) in [6.45, 7) is 4.73. The monoisotopic (exact) mass is 358 g/mol. The third-order valence-electron chi connectivity index (χ3n) is 5.65. The fourth-order valence-electron chi connectivity index (χ4n) is 4.17. The predicted octanol–water partition coefficient (Wildman–Crippen LogP) is 3.20. The minimum absolute atomic E-state index is 0.00951. The summed E-state index contributed by atoms with van der Waals surface area (Å²) < 4.78 is 4.75. The van der Waals surface area contributed by atoms with Gasteiger partial charge in [0.05, 0.1) is 12.7 Å². The number of rotatable bonds is 4. The number of nitrogens with zero attached hydrogens (tertiary/aromatic N) is 2. The van der Waals surface area contributed by atoms with E-state index in [-0.39, 0.29) is 5.91 Å². The first kappa shape index (κ1) is 18.9. The zero-order chi connectivity index (χ0) is 18.4. The van der Waals surface area contributed by atoms with Crippen LogP contribution in [-0.4, -0.2) is 61.5 Å². The highest BCUT2D eigenvalue weighted by atomic mass is 16.5. The molecule has 0 bridgehead atoms. The Balaban J connectivity index is 1.58. The van der Waals surface area contributed by atoms with Crippen LogP contribution in [-0.2, 0) is 4.74 Å². The van der Waals surface area contributed by atoms with Crippen molar-refractivity contribution in [3.63, 3.8) is 0 Å². The number of benzene rings is 1. The van der Waals surface area contributed by atoms with Crippen molar-refractivity contribution in [2.75, 3.05) is 39.8 Å². The van der Waals surface area contributed by atoms with Crippen LogP contribution in [0.2, 0.25) is 0 Å². The molecule has 142 valence electrons. The van der Waals surface area contributed by atoms with E-state index in [0.717, 1.165) is 38.5 Å². The van der Waals surface area contributed by atoms with E-state index < -0.39 is 5.97 Å². The van der Waals surface area contributed by atoms with Crippen molar-refractivity contribution < 1.29 is 14.3 Å². The lowest BCUT2D eigenvalue weighted by molar-refractivity contribution is 0.0600. The van der Waals surface area contributed by atoms with E-state index in [2.05, 4.69) is 4.90 Å². The number of esters is 1. The molecule has 0 radical (unpaired) electrons. The molecule has 1 aliphatic heterocycles. The predicted molar refractivity (Wildman–Crippen MR) is 101 cm³/mol. The SMILES string of the molecule is COC(=O)c1cccc(C(=O)N2CCCN(CC3CCCCC3)CC2)c1. The molecule has 1 aliphatic carbocycles. The van der Waals surface area contributed by atoms with Gasteiger partial charge in [0.25, 0.3) is 5.91 Å². The van der Waals surface area contributed by atoms with Crippen molar-refractivity contribution in [1.82, 2.24) is 9.80 Å². The Labute approximate surface area is 156 Å². The molecule has 2 aliphatic rings. The first-order chi connectivity index (χ1) is 12.7. The molecular weight excluding hydrogens is 328 g/mol. The number of hydrogen-bond donors (Lipinski definition) is 0. The zero-order valence-electron chi connectivity index (χ0n) is 15.8. The largest absolute Gasteiger partial charge is 0.465 e. The summed E-state index contributed by atoms with van der Waals surface area (Å²) in [4.78, 5) is 29.0. The molecule has 5 nitrogen and oxygen atoms in total. The van der Waals surface area contributed by atoms with Crippen molar-refractivity contribution in [1.29, 1.82) is 0 Å². The van der Waals surface area contributed by atoms with E-state index in [1.54, 1.807) is 24.3 Å². The topological polar surface area (TPSA) is 49.9 Å². The van der Waals surface area contributed by atoms with E-state index >= 15 is 0 Å². The highest BCUT2D eigenvalue weighted by Gasteiger charge is 2.23. The van der Waals surface area contributed by atoms with Gasteiger partial charge in [-0.15, -0.1) is 0 Å². The standard InChI is InChI=1S/C21H30N2O3/c1-26-21(25)19-10-5-9-18(15-19)20(24)23-12-6-11-22(13-14-23)16-17-7-3-2-4-8-17/h5,9-10,15,17H,2-4,6-8,11-14,16H2,1H3. The minimum atomic E-state index is -0.408. The number of methoxy groups -OCH3 is 1. The lowest BCUT2D eigenvalue weighted by Crippen LogP contribution is -2.37. The van der Waals surface area contributed by atoms with Crippen molar-refractivity contribution in [3.05, 3.63) is 35.4 Å². The molecule has 3 rings (SSSR count). The van der Waals surface area contributed by atoms with Gasteiger partial charge in [-0.05, 0) is 49.9 Å². The Hall–Kier alpha value is -1.88. The van der Waals surface area contributed by atoms with Crippen LogP contribution in [0.3, 0.4) is 0 Å². The van der Waals surface area contributed by atoms with Gasteiger partial charge in [-0.2, -0.15) is 0 Å². The third-order valence-corrected chi connectivity index (χ3v) is 5.65. The van der Waals surface area contributed by atoms with Gasteiger partial charge in [0.1, 0.15) is 0 Å². The Morgan fingerprint density at radius 2 is 1.77 bits per heavy atom. The second-order valence-corrected chi connectivity index (χ2v) is 7.52. The van der Waals surface area contributed by atoms with Crippen LogP contribution in [0.15, 0.2) is 24.3 Å². The molecule has 0 aromatic heterocycles. The van der Waals surface area contributed by atoms with Gasteiger partial charge >= 0.3 is 5.97 Å². The number of hydrogen-bond acceptors (Lipinski definition) is 4. The summed E-state index contributed by atoms with van der Waals surface area (Å²) in [6, 6.07) is 6.84. The number of ether oxygens (including phenoxy) is 1. The maximum absolute atomic E-state index is 12.9.